The van der Waals surface area contributed by atoms with Crippen molar-refractivity contribution in [3.63, 3.8) is 0 Å². The van der Waals surface area contributed by atoms with Gasteiger partial charge in [0.15, 0.2) is 11.2 Å². The van der Waals surface area contributed by atoms with Gasteiger partial charge >= 0.3 is 11.9 Å². The van der Waals surface area contributed by atoms with Crippen molar-refractivity contribution in [3.05, 3.63) is 11.1 Å². The molecule has 9 heteroatoms. The van der Waals surface area contributed by atoms with E-state index in [0.717, 1.165) is 0 Å². The van der Waals surface area contributed by atoms with E-state index in [1.807, 2.05) is 0 Å². The number of aliphatic hydroxyl groups excluding tert-OH is 2. The van der Waals surface area contributed by atoms with E-state index in [1.165, 1.54) is 7.11 Å². The summed E-state index contributed by atoms with van der Waals surface area (Å²) in [7, 11) is 1.40. The molecule has 3 fully saturated rings. The normalized spacial score (nSPS) is 49.4. The zero-order valence-corrected chi connectivity index (χ0v) is 17.0. The van der Waals surface area contributed by atoms with Crippen molar-refractivity contribution >= 4 is 23.5 Å². The van der Waals surface area contributed by atoms with Crippen LogP contribution in [0.15, 0.2) is 11.1 Å². The zero-order valence-electron chi connectivity index (χ0n) is 17.0. The summed E-state index contributed by atoms with van der Waals surface area (Å²) in [6.07, 6.45) is -3.24. The molecule has 30 heavy (non-hydrogen) atoms. The molecule has 2 N–H and O–H groups in total. The van der Waals surface area contributed by atoms with Gasteiger partial charge in [-0.25, -0.2) is 0 Å². The summed E-state index contributed by atoms with van der Waals surface area (Å²) in [6.45, 7) is 3.22. The summed E-state index contributed by atoms with van der Waals surface area (Å²) in [6, 6.07) is 0. The van der Waals surface area contributed by atoms with Gasteiger partial charge in [0.05, 0.1) is 18.1 Å². The van der Waals surface area contributed by atoms with Gasteiger partial charge in [-0.2, -0.15) is 0 Å². The fraction of sp³-hybridized carbons (Fsp3) is 0.714. The maximum absolute atomic E-state index is 14.0. The fourth-order valence-electron chi connectivity index (χ4n) is 7.02. The number of aliphatic hydroxyl groups is 2. The highest BCUT2D eigenvalue weighted by molar-refractivity contribution is 6.21. The molecular weight excluding hydrogens is 396 g/mol. The van der Waals surface area contributed by atoms with Crippen molar-refractivity contribution in [1.29, 1.82) is 0 Å². The molecule has 0 aromatic carbocycles. The smallest absolute Gasteiger partial charge is 0.324 e. The highest BCUT2D eigenvalue weighted by atomic mass is 16.7. The van der Waals surface area contributed by atoms with Crippen molar-refractivity contribution in [2.75, 3.05) is 13.7 Å². The standard InChI is InChI=1S/C21H24O9/c1-19-6-9(22)13-12(8(19)4-5-10(19)23)15(24)21-14(17(26)30-18(21)27)16(25)29-11(7-28-3)20(13,21)2/h8-9,11,14,17,22,26H,4-7H2,1-3H3. The number of carbonyl (C=O) groups excluding carboxylic acids is 4. The van der Waals surface area contributed by atoms with Gasteiger partial charge in [0.25, 0.3) is 0 Å². The molecule has 0 aromatic heterocycles. The molecule has 0 aromatic rings. The lowest BCUT2D eigenvalue weighted by Crippen LogP contribution is -2.64. The van der Waals surface area contributed by atoms with Crippen molar-refractivity contribution in [2.45, 2.75) is 51.6 Å². The summed E-state index contributed by atoms with van der Waals surface area (Å²) in [5.41, 5.74) is -3.90. The maximum atomic E-state index is 14.0. The Kier molecular flexibility index (Phi) is 3.82. The number of hydrogen-bond acceptors (Lipinski definition) is 9. The Morgan fingerprint density at radius 2 is 1.83 bits per heavy atom. The van der Waals surface area contributed by atoms with Gasteiger partial charge in [0, 0.05) is 30.4 Å². The lowest BCUT2D eigenvalue weighted by Gasteiger charge is -2.50. The minimum absolute atomic E-state index is 0.0326. The molecule has 3 aliphatic carbocycles. The Morgan fingerprint density at radius 1 is 1.13 bits per heavy atom. The number of allylic oxidation sites excluding steroid dienone is 1. The van der Waals surface area contributed by atoms with Crippen molar-refractivity contribution < 1.29 is 43.6 Å². The third kappa shape index (κ3) is 1.82. The molecule has 5 rings (SSSR count). The first kappa shape index (κ1) is 19.8. The van der Waals surface area contributed by atoms with Crippen LogP contribution in [0.25, 0.3) is 0 Å². The van der Waals surface area contributed by atoms with Gasteiger partial charge in [0.1, 0.15) is 17.8 Å². The summed E-state index contributed by atoms with van der Waals surface area (Å²) in [4.78, 5) is 52.7. The largest absolute Gasteiger partial charge is 0.458 e. The van der Waals surface area contributed by atoms with Gasteiger partial charge in [-0.15, -0.1) is 0 Å². The van der Waals surface area contributed by atoms with Gasteiger partial charge in [-0.05, 0) is 18.4 Å². The van der Waals surface area contributed by atoms with Crippen molar-refractivity contribution in [3.8, 4) is 0 Å². The first-order chi connectivity index (χ1) is 14.1. The first-order valence-corrected chi connectivity index (χ1v) is 10.2. The highest BCUT2D eigenvalue weighted by Gasteiger charge is 2.83. The lowest BCUT2D eigenvalue weighted by atomic mass is 9.53. The highest BCUT2D eigenvalue weighted by Crippen LogP contribution is 2.71. The molecule has 5 aliphatic rings. The lowest BCUT2D eigenvalue weighted by molar-refractivity contribution is -0.206. The molecule has 8 atom stereocenters. The molecule has 0 amide bonds. The van der Waals surface area contributed by atoms with Crippen LogP contribution in [0.3, 0.4) is 0 Å². The van der Waals surface area contributed by atoms with Crippen LogP contribution in [0.4, 0.5) is 0 Å². The van der Waals surface area contributed by atoms with Crippen LogP contribution in [0.2, 0.25) is 0 Å². The quantitative estimate of drug-likeness (QED) is 0.454. The Labute approximate surface area is 172 Å². The van der Waals surface area contributed by atoms with Crippen LogP contribution in [-0.2, 0) is 33.4 Å². The Balaban J connectivity index is 1.81. The maximum Gasteiger partial charge on any atom is 0.324 e. The van der Waals surface area contributed by atoms with Gasteiger partial charge in [0.2, 0.25) is 6.29 Å². The number of ether oxygens (including phenoxy) is 3. The number of rotatable bonds is 2. The second-order valence-corrected chi connectivity index (χ2v) is 9.47. The number of cyclic esters (lactones) is 2. The van der Waals surface area contributed by atoms with Crippen molar-refractivity contribution in [2.24, 2.45) is 28.1 Å². The predicted octanol–water partition coefficient (Wildman–Crippen LogP) is -0.328. The SMILES string of the molecule is COCC1OC(=O)C2C(O)OC(=O)C23C(=O)C2=C(C(O)CC4(C)C(=O)CCC24)C13C. The number of esters is 2. The van der Waals surface area contributed by atoms with E-state index in [2.05, 4.69) is 0 Å². The number of Topliss-reactive ketones (excluding diaryl/α,β-unsaturated/α-hetero) is 2. The number of fused-ring (bicyclic) bond motifs is 3. The van der Waals surface area contributed by atoms with Crippen molar-refractivity contribution in [1.82, 2.24) is 0 Å². The molecule has 1 spiro atoms. The van der Waals surface area contributed by atoms with E-state index in [-0.39, 0.29) is 30.8 Å². The Morgan fingerprint density at radius 3 is 2.50 bits per heavy atom. The molecular formula is C21H24O9. The summed E-state index contributed by atoms with van der Waals surface area (Å²) >= 11 is 0. The van der Waals surface area contributed by atoms with Crippen LogP contribution < -0.4 is 0 Å². The van der Waals surface area contributed by atoms with E-state index >= 15 is 0 Å². The number of hydrogen-bond donors (Lipinski definition) is 2. The van der Waals surface area contributed by atoms with Crippen LogP contribution in [0.5, 0.6) is 0 Å². The number of ketones is 2. The van der Waals surface area contributed by atoms with Crippen LogP contribution >= 0.6 is 0 Å². The fourth-order valence-corrected chi connectivity index (χ4v) is 7.02. The molecule has 162 valence electrons. The third-order valence-corrected chi connectivity index (χ3v) is 8.41. The number of carbonyl (C=O) groups is 4. The second-order valence-electron chi connectivity index (χ2n) is 9.47. The zero-order chi connectivity index (χ0) is 21.8. The second kappa shape index (κ2) is 5.77. The summed E-state index contributed by atoms with van der Waals surface area (Å²) in [5.74, 6) is -4.61. The van der Waals surface area contributed by atoms with E-state index < -0.39 is 64.3 Å². The van der Waals surface area contributed by atoms with Gasteiger partial charge < -0.3 is 24.4 Å². The van der Waals surface area contributed by atoms with Crippen LogP contribution in [0.1, 0.15) is 33.1 Å². The Bertz CT molecular complexity index is 937. The van der Waals surface area contributed by atoms with E-state index in [0.29, 0.717) is 12.0 Å². The van der Waals surface area contributed by atoms with Gasteiger partial charge in [-0.3, -0.25) is 19.2 Å². The van der Waals surface area contributed by atoms with E-state index in [1.54, 1.807) is 13.8 Å². The molecule has 0 bridgehead atoms. The van der Waals surface area contributed by atoms with Crippen LogP contribution in [0, 0.1) is 28.1 Å². The van der Waals surface area contributed by atoms with E-state index in [9.17, 15) is 29.4 Å². The first-order valence-electron chi connectivity index (χ1n) is 10.2. The van der Waals surface area contributed by atoms with E-state index in [4.69, 9.17) is 14.2 Å². The summed E-state index contributed by atoms with van der Waals surface area (Å²) in [5, 5.41) is 21.6. The predicted molar refractivity (Wildman–Crippen MR) is 96.4 cm³/mol. The molecule has 0 radical (unpaired) electrons. The molecule has 9 nitrogen and oxygen atoms in total. The molecule has 2 heterocycles. The third-order valence-electron chi connectivity index (χ3n) is 8.41. The average Bonchev–Trinajstić information content (AvgIpc) is 3.19. The minimum Gasteiger partial charge on any atom is -0.458 e. The molecule has 8 unspecified atom stereocenters. The Hall–Kier alpha value is -2.10. The molecule has 2 aliphatic heterocycles. The van der Waals surface area contributed by atoms with Gasteiger partial charge in [-0.1, -0.05) is 13.8 Å². The monoisotopic (exact) mass is 420 g/mol. The minimum atomic E-state index is -2.05. The topological polar surface area (TPSA) is 136 Å². The van der Waals surface area contributed by atoms with Crippen LogP contribution in [-0.4, -0.2) is 65.9 Å². The molecule has 1 saturated carbocycles. The number of methoxy groups -OCH3 is 1. The average molecular weight is 420 g/mol. The summed E-state index contributed by atoms with van der Waals surface area (Å²) < 4.78 is 15.8. The molecule has 2 saturated heterocycles.